The molecule has 0 radical (unpaired) electrons. The first kappa shape index (κ1) is 12.8. The predicted octanol–water partition coefficient (Wildman–Crippen LogP) is 2.47. The highest BCUT2D eigenvalue weighted by Gasteiger charge is 2.52. The van der Waals surface area contributed by atoms with Crippen LogP contribution < -0.4 is 0 Å². The van der Waals surface area contributed by atoms with Crippen LogP contribution in [-0.2, 0) is 16.1 Å². The summed E-state index contributed by atoms with van der Waals surface area (Å²) < 4.78 is 5.91. The molecule has 0 spiro atoms. The van der Waals surface area contributed by atoms with E-state index in [-0.39, 0.29) is 17.8 Å². The average Bonchev–Trinajstić information content (AvgIpc) is 2.76. The molecule has 2 fully saturated rings. The number of ketones is 1. The number of carbonyl (C=O) groups is 1. The van der Waals surface area contributed by atoms with Crippen molar-refractivity contribution >= 4 is 5.78 Å². The van der Waals surface area contributed by atoms with E-state index in [1.54, 1.807) is 0 Å². The average molecular weight is 260 g/mol. The van der Waals surface area contributed by atoms with Crippen LogP contribution in [0.4, 0.5) is 0 Å². The highest BCUT2D eigenvalue weighted by molar-refractivity contribution is 5.84. The Bertz CT molecular complexity index is 456. The minimum atomic E-state index is -0.795. The molecule has 3 heteroatoms. The molecule has 102 valence electrons. The molecule has 0 aliphatic heterocycles. The second-order valence-corrected chi connectivity index (χ2v) is 5.77. The number of Topliss-reactive ketones (excluding diaryl/α,β-unsaturated/α-hetero) is 1. The number of hydrogen-bond acceptors (Lipinski definition) is 3. The second kappa shape index (κ2) is 5.06. The molecule has 3 rings (SSSR count). The molecular formula is C16H20O3. The van der Waals surface area contributed by atoms with Gasteiger partial charge in [0.05, 0.1) is 24.2 Å². The van der Waals surface area contributed by atoms with E-state index in [0.717, 1.165) is 24.8 Å². The molecule has 19 heavy (non-hydrogen) atoms. The Morgan fingerprint density at radius 3 is 2.84 bits per heavy atom. The zero-order chi connectivity index (χ0) is 13.3. The molecular weight excluding hydrogens is 240 g/mol. The van der Waals surface area contributed by atoms with Crippen molar-refractivity contribution in [3.63, 3.8) is 0 Å². The first-order valence-corrected chi connectivity index (χ1v) is 7.10. The smallest absolute Gasteiger partial charge is 0.141 e. The third-order valence-electron chi connectivity index (χ3n) is 4.50. The Kier molecular flexibility index (Phi) is 3.42. The van der Waals surface area contributed by atoms with Crippen LogP contribution >= 0.6 is 0 Å². The van der Waals surface area contributed by atoms with Crippen LogP contribution in [0.15, 0.2) is 30.3 Å². The van der Waals surface area contributed by atoms with Gasteiger partial charge in [0.25, 0.3) is 0 Å². The summed E-state index contributed by atoms with van der Waals surface area (Å²) in [5.41, 5.74) is 0.317. The monoisotopic (exact) mass is 260 g/mol. The van der Waals surface area contributed by atoms with Gasteiger partial charge in [-0.25, -0.2) is 0 Å². The normalized spacial score (nSPS) is 34.3. The van der Waals surface area contributed by atoms with Crippen molar-refractivity contribution in [1.29, 1.82) is 0 Å². The van der Waals surface area contributed by atoms with Crippen molar-refractivity contribution in [2.45, 2.75) is 50.4 Å². The lowest BCUT2D eigenvalue weighted by Crippen LogP contribution is -2.45. The zero-order valence-electron chi connectivity index (χ0n) is 11.0. The van der Waals surface area contributed by atoms with E-state index in [2.05, 4.69) is 0 Å². The van der Waals surface area contributed by atoms with Crippen LogP contribution in [-0.4, -0.2) is 22.6 Å². The maximum Gasteiger partial charge on any atom is 0.141 e. The van der Waals surface area contributed by atoms with Crippen LogP contribution in [0.5, 0.6) is 0 Å². The number of benzene rings is 1. The molecule has 1 aromatic rings. The Morgan fingerprint density at radius 1 is 1.26 bits per heavy atom. The highest BCUT2D eigenvalue weighted by Crippen LogP contribution is 2.45. The third-order valence-corrected chi connectivity index (χ3v) is 4.50. The molecule has 3 atom stereocenters. The van der Waals surface area contributed by atoms with E-state index in [0.29, 0.717) is 19.4 Å². The maximum absolute atomic E-state index is 12.1. The van der Waals surface area contributed by atoms with E-state index in [4.69, 9.17) is 4.74 Å². The molecule has 2 saturated carbocycles. The van der Waals surface area contributed by atoms with Crippen molar-refractivity contribution in [2.75, 3.05) is 0 Å². The van der Waals surface area contributed by atoms with Crippen LogP contribution in [0, 0.1) is 5.92 Å². The van der Waals surface area contributed by atoms with Gasteiger partial charge in [0.15, 0.2) is 0 Å². The Balaban J connectivity index is 1.67. The number of rotatable bonds is 3. The van der Waals surface area contributed by atoms with E-state index in [9.17, 15) is 9.90 Å². The molecule has 0 aromatic heterocycles. The SMILES string of the molecule is O=C1CCC[C@@]2(O)CC[C@@H](OCc3ccccc3)[C@@H]12. The molecule has 2 aliphatic carbocycles. The predicted molar refractivity (Wildman–Crippen MR) is 71.6 cm³/mol. The first-order chi connectivity index (χ1) is 9.19. The number of carbonyl (C=O) groups excluding carboxylic acids is 1. The van der Waals surface area contributed by atoms with Gasteiger partial charge in [-0.05, 0) is 31.2 Å². The summed E-state index contributed by atoms with van der Waals surface area (Å²) in [6, 6.07) is 9.97. The molecule has 0 bridgehead atoms. The Morgan fingerprint density at radius 2 is 2.05 bits per heavy atom. The first-order valence-electron chi connectivity index (χ1n) is 7.10. The molecule has 1 aromatic carbocycles. The lowest BCUT2D eigenvalue weighted by atomic mass is 9.76. The van der Waals surface area contributed by atoms with Crippen LogP contribution in [0.3, 0.4) is 0 Å². The quantitative estimate of drug-likeness (QED) is 0.908. The standard InChI is InChI=1S/C16H20O3/c17-13-7-4-9-16(18)10-8-14(15(13)16)19-11-12-5-2-1-3-6-12/h1-3,5-6,14-15,18H,4,7-11H2/t14-,15-,16-/m1/s1. The van der Waals surface area contributed by atoms with Gasteiger partial charge in [-0.1, -0.05) is 30.3 Å². The Hall–Kier alpha value is -1.19. The summed E-state index contributed by atoms with van der Waals surface area (Å²) in [5, 5.41) is 10.5. The fourth-order valence-electron chi connectivity index (χ4n) is 3.53. The van der Waals surface area contributed by atoms with Crippen molar-refractivity contribution in [2.24, 2.45) is 5.92 Å². The fraction of sp³-hybridized carbons (Fsp3) is 0.562. The number of hydrogen-bond donors (Lipinski definition) is 1. The van der Waals surface area contributed by atoms with Gasteiger partial charge in [0, 0.05) is 6.42 Å². The summed E-state index contributed by atoms with van der Waals surface area (Å²) in [6.07, 6.45) is 3.53. The highest BCUT2D eigenvalue weighted by atomic mass is 16.5. The molecule has 0 unspecified atom stereocenters. The van der Waals surface area contributed by atoms with Crippen molar-refractivity contribution in [3.05, 3.63) is 35.9 Å². The summed E-state index contributed by atoms with van der Waals surface area (Å²) in [7, 11) is 0. The minimum Gasteiger partial charge on any atom is -0.389 e. The van der Waals surface area contributed by atoms with E-state index in [1.165, 1.54) is 0 Å². The minimum absolute atomic E-state index is 0.113. The lowest BCUT2D eigenvalue weighted by Gasteiger charge is -2.35. The summed E-state index contributed by atoms with van der Waals surface area (Å²) in [6.45, 7) is 0.519. The van der Waals surface area contributed by atoms with Crippen LogP contribution in [0.2, 0.25) is 0 Å². The molecule has 0 amide bonds. The zero-order valence-corrected chi connectivity index (χ0v) is 11.0. The summed E-state index contributed by atoms with van der Waals surface area (Å²) in [5.74, 6) is -0.116. The van der Waals surface area contributed by atoms with E-state index in [1.807, 2.05) is 30.3 Å². The van der Waals surface area contributed by atoms with Gasteiger partial charge in [-0.3, -0.25) is 4.79 Å². The van der Waals surface area contributed by atoms with Gasteiger partial charge in [-0.2, -0.15) is 0 Å². The van der Waals surface area contributed by atoms with Gasteiger partial charge in [0.1, 0.15) is 5.78 Å². The van der Waals surface area contributed by atoms with Crippen LogP contribution in [0.1, 0.15) is 37.7 Å². The Labute approximate surface area is 113 Å². The molecule has 1 N–H and O–H groups in total. The largest absolute Gasteiger partial charge is 0.389 e. The van der Waals surface area contributed by atoms with Crippen LogP contribution in [0.25, 0.3) is 0 Å². The molecule has 0 saturated heterocycles. The summed E-state index contributed by atoms with van der Waals surface area (Å²) in [4.78, 5) is 12.1. The molecule has 2 aliphatic rings. The van der Waals surface area contributed by atoms with Gasteiger partial charge in [-0.15, -0.1) is 0 Å². The van der Waals surface area contributed by atoms with Crippen molar-refractivity contribution in [1.82, 2.24) is 0 Å². The van der Waals surface area contributed by atoms with E-state index < -0.39 is 5.60 Å². The number of fused-ring (bicyclic) bond motifs is 1. The molecule has 0 heterocycles. The van der Waals surface area contributed by atoms with Gasteiger partial charge in [0.2, 0.25) is 0 Å². The number of aliphatic hydroxyl groups is 1. The number of ether oxygens (including phenoxy) is 1. The maximum atomic E-state index is 12.1. The van der Waals surface area contributed by atoms with E-state index >= 15 is 0 Å². The van der Waals surface area contributed by atoms with Gasteiger partial charge < -0.3 is 9.84 Å². The van der Waals surface area contributed by atoms with Crippen molar-refractivity contribution in [3.8, 4) is 0 Å². The second-order valence-electron chi connectivity index (χ2n) is 5.77. The lowest BCUT2D eigenvalue weighted by molar-refractivity contribution is -0.143. The topological polar surface area (TPSA) is 46.5 Å². The third kappa shape index (κ3) is 2.45. The van der Waals surface area contributed by atoms with Gasteiger partial charge >= 0.3 is 0 Å². The molecule has 3 nitrogen and oxygen atoms in total. The fourth-order valence-corrected chi connectivity index (χ4v) is 3.53. The van der Waals surface area contributed by atoms with Crippen molar-refractivity contribution < 1.29 is 14.6 Å². The summed E-state index contributed by atoms with van der Waals surface area (Å²) >= 11 is 0.